The number of benzene rings is 2. The van der Waals surface area contributed by atoms with Crippen molar-refractivity contribution in [3.63, 3.8) is 0 Å². The monoisotopic (exact) mass is 327 g/mol. The molecule has 6 nitrogen and oxygen atoms in total. The normalized spacial score (nSPS) is 9.92. The average molecular weight is 327 g/mol. The van der Waals surface area contributed by atoms with Crippen molar-refractivity contribution in [2.24, 2.45) is 0 Å². The molecule has 0 aliphatic carbocycles. The van der Waals surface area contributed by atoms with Crippen LogP contribution in [0, 0.1) is 0 Å². The van der Waals surface area contributed by atoms with E-state index in [0.717, 1.165) is 12.0 Å². The summed E-state index contributed by atoms with van der Waals surface area (Å²) in [5, 5.41) is 8.20. The van der Waals surface area contributed by atoms with Crippen LogP contribution in [-0.4, -0.2) is 25.6 Å². The van der Waals surface area contributed by atoms with Crippen molar-refractivity contribution in [2.75, 3.05) is 24.3 Å². The summed E-state index contributed by atoms with van der Waals surface area (Å²) in [7, 11) is 1.52. The van der Waals surface area contributed by atoms with Crippen molar-refractivity contribution in [1.82, 2.24) is 5.32 Å². The Labute approximate surface area is 141 Å². The van der Waals surface area contributed by atoms with Gasteiger partial charge in [0, 0.05) is 19.2 Å². The smallest absolute Gasteiger partial charge is 0.319 e. The van der Waals surface area contributed by atoms with Crippen molar-refractivity contribution in [3.8, 4) is 5.75 Å². The summed E-state index contributed by atoms with van der Waals surface area (Å²) in [4.78, 5) is 23.2. The van der Waals surface area contributed by atoms with Crippen LogP contribution in [0.5, 0.6) is 5.75 Å². The Morgan fingerprint density at radius 3 is 2.46 bits per heavy atom. The molecule has 0 heterocycles. The van der Waals surface area contributed by atoms with E-state index in [1.54, 1.807) is 18.2 Å². The van der Waals surface area contributed by atoms with E-state index in [9.17, 15) is 9.59 Å². The lowest BCUT2D eigenvalue weighted by atomic mass is 10.1. The molecule has 0 fully saturated rings. The first kappa shape index (κ1) is 17.3. The fraction of sp³-hybridized carbons (Fsp3) is 0.222. The van der Waals surface area contributed by atoms with Crippen LogP contribution in [0.4, 0.5) is 16.2 Å². The van der Waals surface area contributed by atoms with E-state index in [0.29, 0.717) is 23.7 Å². The number of nitrogens with one attached hydrogen (secondary N) is 3. The van der Waals surface area contributed by atoms with Crippen LogP contribution >= 0.6 is 0 Å². The van der Waals surface area contributed by atoms with Crippen LogP contribution in [0.25, 0.3) is 0 Å². The third kappa shape index (κ3) is 5.31. The van der Waals surface area contributed by atoms with E-state index in [-0.39, 0.29) is 11.9 Å². The second-order valence-electron chi connectivity index (χ2n) is 5.21. The van der Waals surface area contributed by atoms with E-state index in [4.69, 9.17) is 4.74 Å². The predicted molar refractivity (Wildman–Crippen MR) is 94.5 cm³/mol. The summed E-state index contributed by atoms with van der Waals surface area (Å²) in [6, 6.07) is 14.7. The molecule has 0 spiro atoms. The Morgan fingerprint density at radius 1 is 1.04 bits per heavy atom. The van der Waals surface area contributed by atoms with Crippen LogP contribution in [0.2, 0.25) is 0 Å². The molecule has 0 aliphatic rings. The highest BCUT2D eigenvalue weighted by molar-refractivity contribution is 5.94. The molecule has 2 aromatic carbocycles. The molecule has 0 unspecified atom stereocenters. The fourth-order valence-electron chi connectivity index (χ4n) is 2.21. The van der Waals surface area contributed by atoms with E-state index in [2.05, 4.69) is 16.0 Å². The number of rotatable bonds is 6. The van der Waals surface area contributed by atoms with Gasteiger partial charge in [-0.2, -0.15) is 0 Å². The van der Waals surface area contributed by atoms with Gasteiger partial charge in [0.2, 0.25) is 5.91 Å². The lowest BCUT2D eigenvalue weighted by molar-refractivity contribution is -0.114. The van der Waals surface area contributed by atoms with Gasteiger partial charge in [-0.05, 0) is 30.2 Å². The lowest BCUT2D eigenvalue weighted by Gasteiger charge is -2.12. The number of hydrogen-bond donors (Lipinski definition) is 3. The number of urea groups is 1. The SMILES string of the molecule is COc1ccc(NC(=O)NCCc2ccccc2)cc1NC(C)=O. The van der Waals surface area contributed by atoms with E-state index >= 15 is 0 Å². The topological polar surface area (TPSA) is 79.5 Å². The van der Waals surface area contributed by atoms with Crippen LogP contribution < -0.4 is 20.7 Å². The van der Waals surface area contributed by atoms with Gasteiger partial charge in [-0.1, -0.05) is 30.3 Å². The Kier molecular flexibility index (Phi) is 6.19. The van der Waals surface area contributed by atoms with Gasteiger partial charge in [-0.3, -0.25) is 4.79 Å². The van der Waals surface area contributed by atoms with E-state index < -0.39 is 0 Å². The molecule has 0 bridgehead atoms. The van der Waals surface area contributed by atoms with Gasteiger partial charge in [-0.15, -0.1) is 0 Å². The van der Waals surface area contributed by atoms with Crippen molar-refractivity contribution in [1.29, 1.82) is 0 Å². The predicted octanol–water partition coefficient (Wildman–Crippen LogP) is 3.02. The zero-order chi connectivity index (χ0) is 17.4. The lowest BCUT2D eigenvalue weighted by Crippen LogP contribution is -2.30. The zero-order valence-electron chi connectivity index (χ0n) is 13.8. The Morgan fingerprint density at radius 2 is 1.79 bits per heavy atom. The van der Waals surface area contributed by atoms with Gasteiger partial charge in [0.1, 0.15) is 5.75 Å². The van der Waals surface area contributed by atoms with Gasteiger partial charge in [0.25, 0.3) is 0 Å². The highest BCUT2D eigenvalue weighted by Gasteiger charge is 2.08. The highest BCUT2D eigenvalue weighted by Crippen LogP contribution is 2.27. The standard InChI is InChI=1S/C18H21N3O3/c1-13(22)20-16-12-15(8-9-17(16)24-2)21-18(23)19-11-10-14-6-4-3-5-7-14/h3-9,12H,10-11H2,1-2H3,(H,20,22)(H2,19,21,23). The van der Waals surface area contributed by atoms with Crippen molar-refractivity contribution >= 4 is 23.3 Å². The average Bonchev–Trinajstić information content (AvgIpc) is 2.55. The number of amides is 3. The second-order valence-corrected chi connectivity index (χ2v) is 5.21. The van der Waals surface area contributed by atoms with E-state index in [1.807, 2.05) is 30.3 Å². The summed E-state index contributed by atoms with van der Waals surface area (Å²) in [5.41, 5.74) is 2.24. The highest BCUT2D eigenvalue weighted by atomic mass is 16.5. The largest absolute Gasteiger partial charge is 0.495 e. The van der Waals surface area contributed by atoms with E-state index in [1.165, 1.54) is 14.0 Å². The number of carbonyl (C=O) groups is 2. The molecule has 2 rings (SSSR count). The Hall–Kier alpha value is -3.02. The molecule has 24 heavy (non-hydrogen) atoms. The third-order valence-electron chi connectivity index (χ3n) is 3.31. The van der Waals surface area contributed by atoms with Crippen molar-refractivity contribution in [2.45, 2.75) is 13.3 Å². The first-order chi connectivity index (χ1) is 11.6. The quantitative estimate of drug-likeness (QED) is 0.763. The molecule has 3 amide bonds. The minimum atomic E-state index is -0.301. The van der Waals surface area contributed by atoms with Crippen molar-refractivity contribution < 1.29 is 14.3 Å². The van der Waals surface area contributed by atoms with Gasteiger partial charge < -0.3 is 20.7 Å². The molecule has 0 saturated heterocycles. The van der Waals surface area contributed by atoms with Crippen LogP contribution in [0.15, 0.2) is 48.5 Å². The summed E-state index contributed by atoms with van der Waals surface area (Å²) in [6.07, 6.45) is 0.758. The first-order valence-electron chi connectivity index (χ1n) is 7.63. The number of methoxy groups -OCH3 is 1. The molecular weight excluding hydrogens is 306 g/mol. The molecule has 0 aliphatic heterocycles. The molecule has 0 saturated carbocycles. The summed E-state index contributed by atoms with van der Waals surface area (Å²) in [6.45, 7) is 1.94. The second kappa shape index (κ2) is 8.57. The van der Waals surface area contributed by atoms with Crippen molar-refractivity contribution in [3.05, 3.63) is 54.1 Å². The fourth-order valence-corrected chi connectivity index (χ4v) is 2.21. The maximum Gasteiger partial charge on any atom is 0.319 e. The van der Waals surface area contributed by atoms with Gasteiger partial charge >= 0.3 is 6.03 Å². The van der Waals surface area contributed by atoms with Crippen LogP contribution in [0.3, 0.4) is 0 Å². The molecular formula is C18H21N3O3. The summed E-state index contributed by atoms with van der Waals surface area (Å²) >= 11 is 0. The molecule has 0 atom stereocenters. The molecule has 3 N–H and O–H groups in total. The number of hydrogen-bond acceptors (Lipinski definition) is 3. The molecule has 126 valence electrons. The minimum absolute atomic E-state index is 0.210. The van der Waals surface area contributed by atoms with Crippen LogP contribution in [-0.2, 0) is 11.2 Å². The number of ether oxygens (including phenoxy) is 1. The molecule has 2 aromatic rings. The Balaban J connectivity index is 1.90. The summed E-state index contributed by atoms with van der Waals surface area (Å²) < 4.78 is 5.18. The summed E-state index contributed by atoms with van der Waals surface area (Å²) in [5.74, 6) is 0.318. The van der Waals surface area contributed by atoms with Crippen LogP contribution in [0.1, 0.15) is 12.5 Å². The number of carbonyl (C=O) groups excluding carboxylic acids is 2. The Bertz CT molecular complexity index is 702. The first-order valence-corrected chi connectivity index (χ1v) is 7.63. The third-order valence-corrected chi connectivity index (χ3v) is 3.31. The maximum absolute atomic E-state index is 11.9. The number of anilines is 2. The maximum atomic E-state index is 11.9. The molecule has 0 radical (unpaired) electrons. The molecule has 0 aromatic heterocycles. The molecule has 6 heteroatoms. The van der Waals surface area contributed by atoms with Gasteiger partial charge in [-0.25, -0.2) is 4.79 Å². The van der Waals surface area contributed by atoms with Gasteiger partial charge in [0.15, 0.2) is 0 Å². The van der Waals surface area contributed by atoms with Gasteiger partial charge in [0.05, 0.1) is 12.8 Å². The minimum Gasteiger partial charge on any atom is -0.495 e. The zero-order valence-corrected chi connectivity index (χ0v) is 13.8.